The molecule has 0 saturated heterocycles. The first-order valence-corrected chi connectivity index (χ1v) is 7.09. The Kier molecular flexibility index (Phi) is 6.15. The Morgan fingerprint density at radius 3 is 2.58 bits per heavy atom. The van der Waals surface area contributed by atoms with Gasteiger partial charge in [0.15, 0.2) is 0 Å². The lowest BCUT2D eigenvalue weighted by atomic mass is 10.1. The summed E-state index contributed by atoms with van der Waals surface area (Å²) in [6.07, 6.45) is 0. The molecular formula is C14H21BrN2O2. The van der Waals surface area contributed by atoms with Crippen LogP contribution in [-0.4, -0.2) is 25.6 Å². The standard InChI is InChI=1S/C14H21BrN2O2/c1-9(2)10(3)17-14(18)8-16-12-5-11(15)6-13(7-12)19-4/h5-7,9-10,16H,8H2,1-4H3,(H,17,18). The number of carbonyl (C=O) groups is 1. The van der Waals surface area contributed by atoms with Crippen LogP contribution in [0, 0.1) is 5.92 Å². The average Bonchev–Trinajstić information content (AvgIpc) is 2.35. The van der Waals surface area contributed by atoms with Crippen molar-refractivity contribution in [2.45, 2.75) is 26.8 Å². The van der Waals surface area contributed by atoms with Gasteiger partial charge in [-0.05, 0) is 25.0 Å². The molecule has 1 unspecified atom stereocenters. The molecule has 0 aromatic heterocycles. The van der Waals surface area contributed by atoms with Gasteiger partial charge in [-0.1, -0.05) is 29.8 Å². The Balaban J connectivity index is 2.52. The van der Waals surface area contributed by atoms with E-state index in [1.165, 1.54) is 0 Å². The number of benzene rings is 1. The van der Waals surface area contributed by atoms with Crippen LogP contribution >= 0.6 is 15.9 Å². The molecule has 1 rings (SSSR count). The molecule has 0 aliphatic rings. The third-order valence-electron chi connectivity index (χ3n) is 2.95. The summed E-state index contributed by atoms with van der Waals surface area (Å²) in [5.74, 6) is 1.16. The molecule has 0 fully saturated rings. The van der Waals surface area contributed by atoms with E-state index in [9.17, 15) is 4.79 Å². The highest BCUT2D eigenvalue weighted by Gasteiger charge is 2.10. The summed E-state index contributed by atoms with van der Waals surface area (Å²) >= 11 is 3.40. The summed E-state index contributed by atoms with van der Waals surface area (Å²) in [5, 5.41) is 6.03. The molecule has 1 aromatic carbocycles. The molecule has 1 amide bonds. The molecule has 1 atom stereocenters. The van der Waals surface area contributed by atoms with Crippen molar-refractivity contribution >= 4 is 27.5 Å². The Morgan fingerprint density at radius 1 is 1.32 bits per heavy atom. The predicted octanol–water partition coefficient (Wildman–Crippen LogP) is 3.03. The summed E-state index contributed by atoms with van der Waals surface area (Å²) < 4.78 is 6.08. The fourth-order valence-electron chi connectivity index (χ4n) is 1.44. The minimum Gasteiger partial charge on any atom is -0.497 e. The maximum Gasteiger partial charge on any atom is 0.239 e. The van der Waals surface area contributed by atoms with Gasteiger partial charge in [-0.3, -0.25) is 4.79 Å². The third kappa shape index (κ3) is 5.51. The van der Waals surface area contributed by atoms with E-state index >= 15 is 0 Å². The minimum absolute atomic E-state index is 0.0138. The van der Waals surface area contributed by atoms with Gasteiger partial charge in [0.2, 0.25) is 5.91 Å². The first kappa shape index (κ1) is 15.8. The second kappa shape index (κ2) is 7.38. The van der Waals surface area contributed by atoms with Crippen molar-refractivity contribution < 1.29 is 9.53 Å². The highest BCUT2D eigenvalue weighted by molar-refractivity contribution is 9.10. The van der Waals surface area contributed by atoms with Crippen LogP contribution in [-0.2, 0) is 4.79 Å². The Labute approximate surface area is 123 Å². The maximum atomic E-state index is 11.8. The minimum atomic E-state index is -0.0138. The summed E-state index contributed by atoms with van der Waals surface area (Å²) in [4.78, 5) is 11.8. The molecule has 106 valence electrons. The van der Waals surface area contributed by atoms with Crippen LogP contribution in [0.5, 0.6) is 5.75 Å². The van der Waals surface area contributed by atoms with Crippen LogP contribution in [0.4, 0.5) is 5.69 Å². The van der Waals surface area contributed by atoms with E-state index in [-0.39, 0.29) is 18.5 Å². The number of carbonyl (C=O) groups excluding carboxylic acids is 1. The van der Waals surface area contributed by atoms with Gasteiger partial charge >= 0.3 is 0 Å². The van der Waals surface area contributed by atoms with E-state index in [2.05, 4.69) is 40.4 Å². The van der Waals surface area contributed by atoms with Gasteiger partial charge in [-0.15, -0.1) is 0 Å². The summed E-state index contributed by atoms with van der Waals surface area (Å²) in [6, 6.07) is 5.80. The van der Waals surface area contributed by atoms with Crippen LogP contribution in [0.2, 0.25) is 0 Å². The number of rotatable bonds is 6. The molecule has 0 spiro atoms. The van der Waals surface area contributed by atoms with E-state index in [0.29, 0.717) is 5.92 Å². The lowest BCUT2D eigenvalue weighted by molar-refractivity contribution is -0.120. The van der Waals surface area contributed by atoms with Crippen LogP contribution in [0.3, 0.4) is 0 Å². The first-order chi connectivity index (χ1) is 8.92. The molecule has 0 saturated carbocycles. The number of ether oxygens (including phenoxy) is 1. The van der Waals surface area contributed by atoms with Crippen molar-refractivity contribution in [1.29, 1.82) is 0 Å². The Hall–Kier alpha value is -1.23. The number of nitrogens with one attached hydrogen (secondary N) is 2. The molecular weight excluding hydrogens is 308 g/mol. The Bertz CT molecular complexity index is 435. The molecule has 1 aromatic rings. The number of halogens is 1. The molecule has 19 heavy (non-hydrogen) atoms. The zero-order valence-corrected chi connectivity index (χ0v) is 13.4. The fourth-order valence-corrected chi connectivity index (χ4v) is 1.91. The van der Waals surface area contributed by atoms with Crippen molar-refractivity contribution in [2.24, 2.45) is 5.92 Å². The molecule has 0 radical (unpaired) electrons. The van der Waals surface area contributed by atoms with Gasteiger partial charge in [-0.25, -0.2) is 0 Å². The smallest absolute Gasteiger partial charge is 0.239 e. The molecule has 0 heterocycles. The number of hydrogen-bond donors (Lipinski definition) is 2. The molecule has 0 aliphatic carbocycles. The van der Waals surface area contributed by atoms with Gasteiger partial charge in [0.25, 0.3) is 0 Å². The van der Waals surface area contributed by atoms with E-state index in [1.807, 2.05) is 25.1 Å². The van der Waals surface area contributed by atoms with Crippen molar-refractivity contribution in [2.75, 3.05) is 19.0 Å². The Morgan fingerprint density at radius 2 is 2.00 bits per heavy atom. The van der Waals surface area contributed by atoms with Crippen LogP contribution in [0.25, 0.3) is 0 Å². The number of hydrogen-bond acceptors (Lipinski definition) is 3. The molecule has 0 bridgehead atoms. The van der Waals surface area contributed by atoms with Gasteiger partial charge in [0.1, 0.15) is 5.75 Å². The highest BCUT2D eigenvalue weighted by Crippen LogP contribution is 2.24. The maximum absolute atomic E-state index is 11.8. The number of methoxy groups -OCH3 is 1. The molecule has 4 nitrogen and oxygen atoms in total. The van der Waals surface area contributed by atoms with Gasteiger partial charge < -0.3 is 15.4 Å². The average molecular weight is 329 g/mol. The monoisotopic (exact) mass is 328 g/mol. The lowest BCUT2D eigenvalue weighted by Crippen LogP contribution is -2.39. The van der Waals surface area contributed by atoms with Gasteiger partial charge in [0.05, 0.1) is 13.7 Å². The van der Waals surface area contributed by atoms with E-state index in [0.717, 1.165) is 15.9 Å². The second-order valence-electron chi connectivity index (χ2n) is 4.83. The van der Waals surface area contributed by atoms with Crippen molar-refractivity contribution in [3.05, 3.63) is 22.7 Å². The van der Waals surface area contributed by atoms with Crippen LogP contribution in [0.1, 0.15) is 20.8 Å². The number of anilines is 1. The zero-order chi connectivity index (χ0) is 14.4. The van der Waals surface area contributed by atoms with Gasteiger partial charge in [0, 0.05) is 22.3 Å². The largest absolute Gasteiger partial charge is 0.497 e. The van der Waals surface area contributed by atoms with Crippen molar-refractivity contribution in [1.82, 2.24) is 5.32 Å². The molecule has 2 N–H and O–H groups in total. The zero-order valence-electron chi connectivity index (χ0n) is 11.8. The van der Waals surface area contributed by atoms with E-state index in [4.69, 9.17) is 4.74 Å². The lowest BCUT2D eigenvalue weighted by Gasteiger charge is -2.18. The van der Waals surface area contributed by atoms with Gasteiger partial charge in [-0.2, -0.15) is 0 Å². The summed E-state index contributed by atoms with van der Waals surface area (Å²) in [7, 11) is 1.61. The third-order valence-corrected chi connectivity index (χ3v) is 3.41. The van der Waals surface area contributed by atoms with Crippen molar-refractivity contribution in [3.8, 4) is 5.75 Å². The summed E-state index contributed by atoms with van der Waals surface area (Å²) in [6.45, 7) is 6.41. The van der Waals surface area contributed by atoms with E-state index in [1.54, 1.807) is 7.11 Å². The predicted molar refractivity (Wildman–Crippen MR) is 81.6 cm³/mol. The van der Waals surface area contributed by atoms with E-state index < -0.39 is 0 Å². The normalized spacial score (nSPS) is 12.1. The fraction of sp³-hybridized carbons (Fsp3) is 0.500. The second-order valence-corrected chi connectivity index (χ2v) is 5.75. The number of amides is 1. The molecule has 0 aliphatic heterocycles. The SMILES string of the molecule is COc1cc(Br)cc(NCC(=O)NC(C)C(C)C)c1. The van der Waals surface area contributed by atoms with Crippen molar-refractivity contribution in [3.63, 3.8) is 0 Å². The topological polar surface area (TPSA) is 50.4 Å². The summed E-state index contributed by atoms with van der Waals surface area (Å²) in [5.41, 5.74) is 0.846. The quantitative estimate of drug-likeness (QED) is 0.843. The molecule has 5 heteroatoms. The highest BCUT2D eigenvalue weighted by atomic mass is 79.9. The van der Waals surface area contributed by atoms with Crippen LogP contribution in [0.15, 0.2) is 22.7 Å². The van der Waals surface area contributed by atoms with Crippen LogP contribution < -0.4 is 15.4 Å². The first-order valence-electron chi connectivity index (χ1n) is 6.30.